The molecule has 27 heavy (non-hydrogen) atoms. The highest BCUT2D eigenvalue weighted by molar-refractivity contribution is 6.01. The third-order valence-electron chi connectivity index (χ3n) is 4.49. The van der Waals surface area contributed by atoms with Crippen LogP contribution in [0, 0.1) is 0 Å². The molecule has 2 N–H and O–H groups in total. The van der Waals surface area contributed by atoms with Crippen molar-refractivity contribution in [3.05, 3.63) is 52.4 Å². The van der Waals surface area contributed by atoms with E-state index in [4.69, 9.17) is 9.47 Å². The summed E-state index contributed by atoms with van der Waals surface area (Å²) in [5, 5.41) is 6.13. The SMILES string of the molecule is CCOC(=O)C1=C(C)NC2=C(C(=O)OC2)C1c1ccc(NCC(C)=O)cc1. The minimum atomic E-state index is -0.558. The molecule has 0 bridgehead atoms. The third kappa shape index (κ3) is 3.72. The molecule has 0 radical (unpaired) electrons. The number of cyclic esters (lactones) is 1. The van der Waals surface area contributed by atoms with Crippen molar-refractivity contribution in [1.29, 1.82) is 0 Å². The van der Waals surface area contributed by atoms with E-state index in [2.05, 4.69) is 10.6 Å². The van der Waals surface area contributed by atoms with Crippen LogP contribution in [0.5, 0.6) is 0 Å². The van der Waals surface area contributed by atoms with Crippen molar-refractivity contribution >= 4 is 23.4 Å². The number of carbonyl (C=O) groups excluding carboxylic acids is 3. The van der Waals surface area contributed by atoms with Crippen molar-refractivity contribution in [2.75, 3.05) is 25.1 Å². The molecule has 7 nitrogen and oxygen atoms in total. The smallest absolute Gasteiger partial charge is 0.337 e. The van der Waals surface area contributed by atoms with E-state index >= 15 is 0 Å². The monoisotopic (exact) mass is 370 g/mol. The Balaban J connectivity index is 1.99. The Hall–Kier alpha value is -3.09. The number of hydrogen-bond donors (Lipinski definition) is 2. The van der Waals surface area contributed by atoms with Crippen LogP contribution in [-0.4, -0.2) is 37.5 Å². The molecular weight excluding hydrogens is 348 g/mol. The lowest BCUT2D eigenvalue weighted by Crippen LogP contribution is -2.30. The maximum absolute atomic E-state index is 12.6. The van der Waals surface area contributed by atoms with E-state index < -0.39 is 17.9 Å². The van der Waals surface area contributed by atoms with Gasteiger partial charge in [-0.2, -0.15) is 0 Å². The summed E-state index contributed by atoms with van der Waals surface area (Å²) in [5.41, 5.74) is 3.72. The van der Waals surface area contributed by atoms with Gasteiger partial charge in [0.2, 0.25) is 0 Å². The second-order valence-corrected chi connectivity index (χ2v) is 6.46. The molecule has 1 aromatic carbocycles. The van der Waals surface area contributed by atoms with Crippen molar-refractivity contribution in [2.45, 2.75) is 26.7 Å². The average Bonchev–Trinajstić information content (AvgIpc) is 3.00. The number of ether oxygens (including phenoxy) is 2. The van der Waals surface area contributed by atoms with Crippen molar-refractivity contribution in [3.8, 4) is 0 Å². The van der Waals surface area contributed by atoms with Crippen LogP contribution in [0.3, 0.4) is 0 Å². The summed E-state index contributed by atoms with van der Waals surface area (Å²) >= 11 is 0. The van der Waals surface area contributed by atoms with Gasteiger partial charge in [0, 0.05) is 11.4 Å². The highest BCUT2D eigenvalue weighted by atomic mass is 16.5. The average molecular weight is 370 g/mol. The van der Waals surface area contributed by atoms with E-state index in [9.17, 15) is 14.4 Å². The lowest BCUT2D eigenvalue weighted by atomic mass is 9.81. The van der Waals surface area contributed by atoms with E-state index in [0.717, 1.165) is 11.3 Å². The molecule has 2 aliphatic heterocycles. The Morgan fingerprint density at radius 3 is 2.63 bits per heavy atom. The molecule has 0 spiro atoms. The number of allylic oxidation sites excluding steroid dienone is 1. The van der Waals surface area contributed by atoms with Crippen LogP contribution in [0.1, 0.15) is 32.3 Å². The number of Topliss-reactive ketones (excluding diaryl/α,β-unsaturated/α-hetero) is 1. The maximum atomic E-state index is 12.6. The molecule has 0 aromatic heterocycles. The van der Waals surface area contributed by atoms with Crippen molar-refractivity contribution < 1.29 is 23.9 Å². The highest BCUT2D eigenvalue weighted by Gasteiger charge is 2.41. The van der Waals surface area contributed by atoms with E-state index in [1.165, 1.54) is 6.92 Å². The van der Waals surface area contributed by atoms with Crippen molar-refractivity contribution in [1.82, 2.24) is 5.32 Å². The summed E-state index contributed by atoms with van der Waals surface area (Å²) in [6, 6.07) is 7.31. The summed E-state index contributed by atoms with van der Waals surface area (Å²) in [4.78, 5) is 36.0. The Morgan fingerprint density at radius 1 is 1.30 bits per heavy atom. The number of ketones is 1. The molecule has 1 unspecified atom stereocenters. The van der Waals surface area contributed by atoms with Crippen LogP contribution >= 0.6 is 0 Å². The van der Waals surface area contributed by atoms with Crippen LogP contribution < -0.4 is 10.6 Å². The van der Waals surface area contributed by atoms with E-state index in [0.29, 0.717) is 22.5 Å². The minimum absolute atomic E-state index is 0.0316. The second kappa shape index (κ2) is 7.65. The predicted octanol–water partition coefficient (Wildman–Crippen LogP) is 2.02. The van der Waals surface area contributed by atoms with Crippen LogP contribution in [0.25, 0.3) is 0 Å². The Labute approximate surface area is 157 Å². The summed E-state index contributed by atoms with van der Waals surface area (Å²) < 4.78 is 10.4. The molecule has 0 saturated carbocycles. The molecule has 0 aliphatic carbocycles. The lowest BCUT2D eigenvalue weighted by Gasteiger charge is -2.27. The zero-order valence-corrected chi connectivity index (χ0v) is 15.5. The highest BCUT2D eigenvalue weighted by Crippen LogP contribution is 2.41. The molecule has 2 heterocycles. The Morgan fingerprint density at radius 2 is 2.00 bits per heavy atom. The molecule has 7 heteroatoms. The van der Waals surface area contributed by atoms with Crippen LogP contribution in [0.4, 0.5) is 5.69 Å². The van der Waals surface area contributed by atoms with Gasteiger partial charge in [0.25, 0.3) is 0 Å². The first-order valence-electron chi connectivity index (χ1n) is 8.80. The first-order valence-corrected chi connectivity index (χ1v) is 8.80. The van der Waals surface area contributed by atoms with E-state index in [1.807, 2.05) is 24.3 Å². The third-order valence-corrected chi connectivity index (χ3v) is 4.49. The zero-order chi connectivity index (χ0) is 19.6. The molecule has 1 atom stereocenters. The number of anilines is 1. The number of rotatable bonds is 6. The standard InChI is InChI=1S/C20H22N2O5/c1-4-26-19(24)16-12(3)22-15-10-27-20(25)18(15)17(16)13-5-7-14(8-6-13)21-9-11(2)23/h5-8,17,21-22H,4,9-10H2,1-3H3. The quantitative estimate of drug-likeness (QED) is 0.740. The van der Waals surface area contributed by atoms with Crippen LogP contribution in [-0.2, 0) is 23.9 Å². The van der Waals surface area contributed by atoms with Gasteiger partial charge in [-0.25, -0.2) is 9.59 Å². The predicted molar refractivity (Wildman–Crippen MR) is 98.8 cm³/mol. The fraction of sp³-hybridized carbons (Fsp3) is 0.350. The molecule has 3 rings (SSSR count). The largest absolute Gasteiger partial charge is 0.463 e. The van der Waals surface area contributed by atoms with Gasteiger partial charge in [0.05, 0.1) is 35.9 Å². The Kier molecular flexibility index (Phi) is 5.30. The minimum Gasteiger partial charge on any atom is -0.463 e. The van der Waals surface area contributed by atoms with Gasteiger partial charge in [-0.15, -0.1) is 0 Å². The lowest BCUT2D eigenvalue weighted by molar-refractivity contribution is -0.139. The fourth-order valence-electron chi connectivity index (χ4n) is 3.30. The van der Waals surface area contributed by atoms with Crippen molar-refractivity contribution in [2.24, 2.45) is 0 Å². The van der Waals surface area contributed by atoms with Crippen molar-refractivity contribution in [3.63, 3.8) is 0 Å². The first kappa shape index (κ1) is 18.7. The second-order valence-electron chi connectivity index (χ2n) is 6.46. The van der Waals surface area contributed by atoms with Gasteiger partial charge in [-0.1, -0.05) is 12.1 Å². The summed E-state index contributed by atoms with van der Waals surface area (Å²) in [7, 11) is 0. The topological polar surface area (TPSA) is 93.7 Å². The molecular formula is C20H22N2O5. The van der Waals surface area contributed by atoms with Gasteiger partial charge in [0.1, 0.15) is 12.4 Å². The van der Waals surface area contributed by atoms with Gasteiger partial charge >= 0.3 is 11.9 Å². The number of dihydropyridines is 1. The molecule has 0 amide bonds. The van der Waals surface area contributed by atoms with Crippen LogP contribution in [0.15, 0.2) is 46.8 Å². The maximum Gasteiger partial charge on any atom is 0.337 e. The summed E-state index contributed by atoms with van der Waals surface area (Å²) in [5.74, 6) is -1.42. The summed E-state index contributed by atoms with van der Waals surface area (Å²) in [6.07, 6.45) is 0. The zero-order valence-electron chi connectivity index (χ0n) is 15.5. The van der Waals surface area contributed by atoms with Crippen LogP contribution in [0.2, 0.25) is 0 Å². The molecule has 2 aliphatic rings. The number of benzene rings is 1. The normalized spacial score (nSPS) is 18.6. The molecule has 1 aromatic rings. The number of esters is 2. The van der Waals surface area contributed by atoms with Gasteiger partial charge in [-0.05, 0) is 38.5 Å². The summed E-state index contributed by atoms with van der Waals surface area (Å²) in [6.45, 7) is 5.68. The van der Waals surface area contributed by atoms with Gasteiger partial charge in [0.15, 0.2) is 0 Å². The molecule has 142 valence electrons. The Bertz CT molecular complexity index is 852. The van der Waals surface area contributed by atoms with E-state index in [1.54, 1.807) is 13.8 Å². The van der Waals surface area contributed by atoms with E-state index in [-0.39, 0.29) is 25.5 Å². The van der Waals surface area contributed by atoms with Gasteiger partial charge in [-0.3, -0.25) is 4.79 Å². The number of carbonyl (C=O) groups is 3. The molecule has 0 fully saturated rings. The number of nitrogens with one attached hydrogen (secondary N) is 2. The van der Waals surface area contributed by atoms with Gasteiger partial charge < -0.3 is 20.1 Å². The first-order chi connectivity index (χ1) is 12.9. The number of hydrogen-bond acceptors (Lipinski definition) is 7. The fourth-order valence-corrected chi connectivity index (χ4v) is 3.30. The molecule has 0 saturated heterocycles.